The van der Waals surface area contributed by atoms with E-state index in [-0.39, 0.29) is 23.8 Å². The Bertz CT molecular complexity index is 902. The van der Waals surface area contributed by atoms with Crippen LogP contribution in [0.2, 0.25) is 0 Å². The van der Waals surface area contributed by atoms with Crippen molar-refractivity contribution in [3.63, 3.8) is 0 Å². The molecule has 0 heterocycles. The maximum absolute atomic E-state index is 13.0. The molecule has 6 heteroatoms. The molecule has 0 radical (unpaired) electrons. The van der Waals surface area contributed by atoms with Crippen LogP contribution in [-0.4, -0.2) is 19.7 Å². The summed E-state index contributed by atoms with van der Waals surface area (Å²) in [6.45, 7) is 1.81. The van der Waals surface area contributed by atoms with E-state index in [2.05, 4.69) is 12.1 Å². The van der Waals surface area contributed by atoms with Crippen LogP contribution in [0.4, 0.5) is 0 Å². The molecule has 3 atom stereocenters. The van der Waals surface area contributed by atoms with Gasteiger partial charge in [0.2, 0.25) is 5.41 Å². The van der Waals surface area contributed by atoms with Crippen molar-refractivity contribution in [2.75, 3.05) is 13.7 Å². The minimum Gasteiger partial charge on any atom is -0.497 e. The first-order chi connectivity index (χ1) is 13.0. The van der Waals surface area contributed by atoms with E-state index in [0.717, 1.165) is 24.0 Å². The lowest BCUT2D eigenvalue weighted by molar-refractivity contribution is -0.152. The molecule has 27 heavy (non-hydrogen) atoms. The molecule has 2 aliphatic rings. The Labute approximate surface area is 158 Å². The van der Waals surface area contributed by atoms with Gasteiger partial charge in [0.25, 0.3) is 0 Å². The van der Waals surface area contributed by atoms with Gasteiger partial charge >= 0.3 is 5.97 Å². The zero-order valence-corrected chi connectivity index (χ0v) is 15.4. The average Bonchev–Trinajstić information content (AvgIpc) is 3.16. The molecule has 138 valence electrons. The van der Waals surface area contributed by atoms with E-state index in [1.54, 1.807) is 26.2 Å². The second-order valence-corrected chi connectivity index (χ2v) is 6.63. The second kappa shape index (κ2) is 7.17. The highest BCUT2D eigenvalue weighted by Gasteiger charge is 2.59. The molecule has 1 aromatic rings. The van der Waals surface area contributed by atoms with Crippen LogP contribution < -0.4 is 10.5 Å². The third-order valence-electron chi connectivity index (χ3n) is 5.45. The van der Waals surface area contributed by atoms with Crippen molar-refractivity contribution in [1.82, 2.24) is 0 Å². The number of carbonyl (C=O) groups is 1. The Morgan fingerprint density at radius 1 is 1.33 bits per heavy atom. The van der Waals surface area contributed by atoms with E-state index in [4.69, 9.17) is 15.2 Å². The van der Waals surface area contributed by atoms with Gasteiger partial charge in [0.15, 0.2) is 0 Å². The zero-order chi connectivity index (χ0) is 19.6. The number of hydrogen-bond donors (Lipinski definition) is 1. The summed E-state index contributed by atoms with van der Waals surface area (Å²) in [7, 11) is 1.57. The van der Waals surface area contributed by atoms with E-state index >= 15 is 0 Å². The smallest absolute Gasteiger partial charge is 0.333 e. The van der Waals surface area contributed by atoms with Gasteiger partial charge in [0.1, 0.15) is 11.8 Å². The fraction of sp³-hybridized carbons (Fsp3) is 0.381. The summed E-state index contributed by atoms with van der Waals surface area (Å²) in [5.41, 5.74) is 6.42. The molecular formula is C21H21N3O3. The maximum atomic E-state index is 13.0. The van der Waals surface area contributed by atoms with Gasteiger partial charge < -0.3 is 15.2 Å². The second-order valence-electron chi connectivity index (χ2n) is 6.63. The number of allylic oxidation sites excluding steroid dienone is 3. The minimum atomic E-state index is -1.73. The van der Waals surface area contributed by atoms with Gasteiger partial charge in [-0.25, -0.2) is 4.79 Å². The van der Waals surface area contributed by atoms with Gasteiger partial charge in [-0.15, -0.1) is 0 Å². The number of methoxy groups -OCH3 is 1. The van der Waals surface area contributed by atoms with Crippen molar-refractivity contribution in [2.24, 2.45) is 17.1 Å². The fourth-order valence-electron chi connectivity index (χ4n) is 4.26. The molecule has 2 N–H and O–H groups in total. The molecule has 0 unspecified atom stereocenters. The molecule has 3 rings (SSSR count). The number of hydrogen-bond acceptors (Lipinski definition) is 6. The predicted octanol–water partition coefficient (Wildman–Crippen LogP) is 2.94. The number of rotatable bonds is 4. The molecule has 0 aliphatic heterocycles. The highest BCUT2D eigenvalue weighted by Crippen LogP contribution is 2.57. The lowest BCUT2D eigenvalue weighted by atomic mass is 9.58. The van der Waals surface area contributed by atoms with Gasteiger partial charge in [-0.3, -0.25) is 0 Å². The number of ether oxygens (including phenoxy) is 2. The van der Waals surface area contributed by atoms with Crippen molar-refractivity contribution in [3.8, 4) is 17.9 Å². The monoisotopic (exact) mass is 363 g/mol. The molecular weight excluding hydrogens is 342 g/mol. The van der Waals surface area contributed by atoms with E-state index in [1.165, 1.54) is 0 Å². The topological polar surface area (TPSA) is 109 Å². The molecule has 0 bridgehead atoms. The summed E-state index contributed by atoms with van der Waals surface area (Å²) in [5.74, 6) is -0.705. The average molecular weight is 363 g/mol. The summed E-state index contributed by atoms with van der Waals surface area (Å²) < 4.78 is 10.5. The largest absolute Gasteiger partial charge is 0.497 e. The van der Waals surface area contributed by atoms with Gasteiger partial charge in [-0.1, -0.05) is 18.2 Å². The molecule has 6 nitrogen and oxygen atoms in total. The lowest BCUT2D eigenvalue weighted by Crippen LogP contribution is -2.48. The minimum absolute atomic E-state index is 0.0174. The Morgan fingerprint density at radius 2 is 2.04 bits per heavy atom. The van der Waals surface area contributed by atoms with Crippen LogP contribution >= 0.6 is 0 Å². The molecule has 0 aromatic heterocycles. The van der Waals surface area contributed by atoms with Crippen molar-refractivity contribution >= 4 is 5.97 Å². The number of nitrogens with two attached hydrogens (primary N) is 1. The van der Waals surface area contributed by atoms with Crippen molar-refractivity contribution < 1.29 is 14.3 Å². The third-order valence-corrected chi connectivity index (χ3v) is 5.45. The zero-order valence-electron chi connectivity index (χ0n) is 15.4. The number of esters is 1. The summed E-state index contributed by atoms with van der Waals surface area (Å²) in [4.78, 5) is 13.0. The normalized spacial score (nSPS) is 26.4. The molecule has 0 fully saturated rings. The van der Waals surface area contributed by atoms with Crippen LogP contribution in [0.3, 0.4) is 0 Å². The van der Waals surface area contributed by atoms with Crippen molar-refractivity contribution in [2.45, 2.75) is 25.7 Å². The Morgan fingerprint density at radius 3 is 2.59 bits per heavy atom. The van der Waals surface area contributed by atoms with Crippen molar-refractivity contribution in [3.05, 3.63) is 52.7 Å². The van der Waals surface area contributed by atoms with Gasteiger partial charge in [0, 0.05) is 5.92 Å². The number of nitrogens with zero attached hydrogens (tertiary/aromatic N) is 2. The first-order valence-electron chi connectivity index (χ1n) is 8.88. The van der Waals surface area contributed by atoms with Gasteiger partial charge in [-0.05, 0) is 49.0 Å². The van der Waals surface area contributed by atoms with E-state index in [9.17, 15) is 15.3 Å². The SMILES string of the molecule is CCOC(=O)[C@]1(C#N)C(N)=C(C#N)C2=CCC[C@@H]2[C@@H]1c1ccc(OC)cc1. The van der Waals surface area contributed by atoms with Crippen LogP contribution in [-0.2, 0) is 9.53 Å². The van der Waals surface area contributed by atoms with Crippen LogP contribution in [0, 0.1) is 34.0 Å². The van der Waals surface area contributed by atoms with Crippen LogP contribution in [0.1, 0.15) is 31.2 Å². The van der Waals surface area contributed by atoms with Gasteiger partial charge in [0.05, 0.1) is 31.1 Å². The van der Waals surface area contributed by atoms with E-state index in [1.807, 2.05) is 18.2 Å². The van der Waals surface area contributed by atoms with Crippen molar-refractivity contribution in [1.29, 1.82) is 10.5 Å². The lowest BCUT2D eigenvalue weighted by Gasteiger charge is -2.42. The number of benzene rings is 1. The Hall–Kier alpha value is -3.25. The van der Waals surface area contributed by atoms with Gasteiger partial charge in [-0.2, -0.15) is 10.5 Å². The highest BCUT2D eigenvalue weighted by atomic mass is 16.5. The molecule has 0 saturated carbocycles. The summed E-state index contributed by atoms with van der Waals surface area (Å²) in [6, 6.07) is 11.5. The van der Waals surface area contributed by atoms with Crippen LogP contribution in [0.5, 0.6) is 5.75 Å². The van der Waals surface area contributed by atoms with E-state index < -0.39 is 17.3 Å². The van der Waals surface area contributed by atoms with E-state index in [0.29, 0.717) is 5.75 Å². The quantitative estimate of drug-likeness (QED) is 0.824. The van der Waals surface area contributed by atoms with Crippen LogP contribution in [0.25, 0.3) is 0 Å². The Balaban J connectivity index is 2.28. The maximum Gasteiger partial charge on any atom is 0.333 e. The third kappa shape index (κ3) is 2.65. The summed E-state index contributed by atoms with van der Waals surface area (Å²) in [6.07, 6.45) is 3.50. The molecule has 2 aliphatic carbocycles. The first-order valence-corrected chi connectivity index (χ1v) is 8.88. The number of fused-ring (bicyclic) bond motifs is 1. The predicted molar refractivity (Wildman–Crippen MR) is 98.0 cm³/mol. The van der Waals surface area contributed by atoms with Crippen LogP contribution in [0.15, 0.2) is 47.2 Å². The Kier molecular flexibility index (Phi) is 4.92. The first kappa shape index (κ1) is 18.5. The number of carbonyl (C=O) groups excluding carboxylic acids is 1. The molecule has 0 amide bonds. The summed E-state index contributed by atoms with van der Waals surface area (Å²) in [5, 5.41) is 19.8. The summed E-state index contributed by atoms with van der Waals surface area (Å²) >= 11 is 0. The number of nitriles is 2. The highest BCUT2D eigenvalue weighted by molar-refractivity contribution is 5.87. The fourth-order valence-corrected chi connectivity index (χ4v) is 4.26. The standard InChI is InChI=1S/C21H21N3O3/c1-3-27-20(25)21(12-23)18(13-7-9-14(26-2)10-8-13)16-6-4-5-15(16)17(11-22)19(21)24/h5,7-10,16,18H,3-4,6,24H2,1-2H3/t16-,18-,21-/m0/s1. The molecule has 0 saturated heterocycles. The molecule has 0 spiro atoms. The molecule has 1 aromatic carbocycles.